The van der Waals surface area contributed by atoms with Crippen molar-refractivity contribution in [3.05, 3.63) is 42.5 Å². The van der Waals surface area contributed by atoms with Crippen LogP contribution in [-0.2, 0) is 21.4 Å². The lowest BCUT2D eigenvalue weighted by molar-refractivity contribution is -0.139. The Balaban J connectivity index is 2.30. The summed E-state index contributed by atoms with van der Waals surface area (Å²) in [6, 6.07) is 5.25. The molecule has 1 aromatic heterocycles. The molecule has 9 heteroatoms. The van der Waals surface area contributed by atoms with E-state index in [0.717, 1.165) is 0 Å². The molecule has 0 radical (unpaired) electrons. The fraction of sp³-hybridized carbons (Fsp3) is 0.400. The fourth-order valence-electron chi connectivity index (χ4n) is 2.31. The molecule has 24 heavy (non-hydrogen) atoms. The molecular formula is C15H20N4O4S. The minimum atomic E-state index is -3.98. The topological polar surface area (TPSA) is 114 Å². The van der Waals surface area contributed by atoms with Crippen molar-refractivity contribution in [3.63, 3.8) is 0 Å². The normalized spacial score (nSPS) is 13.1. The van der Waals surface area contributed by atoms with E-state index >= 15 is 0 Å². The van der Waals surface area contributed by atoms with Gasteiger partial charge in [0.2, 0.25) is 10.0 Å². The van der Waals surface area contributed by atoms with Gasteiger partial charge in [0, 0.05) is 0 Å². The maximum absolute atomic E-state index is 12.7. The Bertz CT molecular complexity index is 788. The fourth-order valence-corrected chi connectivity index (χ4v) is 3.74. The summed E-state index contributed by atoms with van der Waals surface area (Å²) in [7, 11) is -3.98. The van der Waals surface area contributed by atoms with Gasteiger partial charge in [-0.05, 0) is 24.0 Å². The average molecular weight is 352 g/mol. The van der Waals surface area contributed by atoms with Crippen LogP contribution in [-0.4, -0.2) is 40.3 Å². The molecule has 1 heterocycles. The van der Waals surface area contributed by atoms with Gasteiger partial charge in [-0.1, -0.05) is 32.0 Å². The first-order valence-electron chi connectivity index (χ1n) is 7.45. The molecule has 0 spiro atoms. The Kier molecular flexibility index (Phi) is 5.68. The summed E-state index contributed by atoms with van der Waals surface area (Å²) < 4.78 is 29.1. The zero-order valence-corrected chi connectivity index (χ0v) is 14.3. The summed E-state index contributed by atoms with van der Waals surface area (Å²) in [5.74, 6) is -1.15. The maximum Gasteiger partial charge on any atom is 0.321 e. The highest BCUT2D eigenvalue weighted by Crippen LogP contribution is 2.18. The van der Waals surface area contributed by atoms with Crippen molar-refractivity contribution < 1.29 is 18.3 Å². The molecule has 2 rings (SSSR count). The SMILES string of the molecule is CC(C)CC(NS(=O)(=O)c1ccccc1Cn1cncn1)C(=O)O. The lowest BCUT2D eigenvalue weighted by Gasteiger charge is -2.18. The van der Waals surface area contributed by atoms with E-state index in [1.165, 1.54) is 23.4 Å². The van der Waals surface area contributed by atoms with Gasteiger partial charge in [-0.25, -0.2) is 18.1 Å². The number of carboxylic acid groups (broad SMARTS) is 1. The van der Waals surface area contributed by atoms with Crippen LogP contribution in [0.2, 0.25) is 0 Å². The third kappa shape index (κ3) is 4.62. The average Bonchev–Trinajstić information content (AvgIpc) is 2.99. The van der Waals surface area contributed by atoms with E-state index in [4.69, 9.17) is 0 Å². The van der Waals surface area contributed by atoms with E-state index in [-0.39, 0.29) is 23.8 Å². The van der Waals surface area contributed by atoms with Gasteiger partial charge in [0.25, 0.3) is 0 Å². The molecular weight excluding hydrogens is 332 g/mol. The molecule has 0 aliphatic rings. The van der Waals surface area contributed by atoms with Crippen LogP contribution < -0.4 is 4.72 Å². The van der Waals surface area contributed by atoms with Crippen molar-refractivity contribution in [3.8, 4) is 0 Å². The summed E-state index contributed by atoms with van der Waals surface area (Å²) in [6.07, 6.45) is 3.05. The molecule has 0 saturated heterocycles. The highest BCUT2D eigenvalue weighted by Gasteiger charge is 2.27. The van der Waals surface area contributed by atoms with Crippen LogP contribution in [0.25, 0.3) is 0 Å². The predicted octanol–water partition coefficient (Wildman–Crippen LogP) is 1.10. The Morgan fingerprint density at radius 1 is 1.33 bits per heavy atom. The van der Waals surface area contributed by atoms with E-state index in [0.29, 0.717) is 5.56 Å². The zero-order chi connectivity index (χ0) is 17.7. The first-order valence-corrected chi connectivity index (χ1v) is 8.93. The second kappa shape index (κ2) is 7.54. The molecule has 0 saturated carbocycles. The van der Waals surface area contributed by atoms with E-state index in [2.05, 4.69) is 14.8 Å². The quantitative estimate of drug-likeness (QED) is 0.735. The molecule has 0 fully saturated rings. The summed E-state index contributed by atoms with van der Waals surface area (Å²) in [6.45, 7) is 3.89. The minimum Gasteiger partial charge on any atom is -0.480 e. The smallest absolute Gasteiger partial charge is 0.321 e. The van der Waals surface area contributed by atoms with Gasteiger partial charge >= 0.3 is 5.97 Å². The molecule has 0 amide bonds. The van der Waals surface area contributed by atoms with Gasteiger partial charge in [0.1, 0.15) is 18.7 Å². The van der Waals surface area contributed by atoms with E-state index in [1.54, 1.807) is 18.2 Å². The van der Waals surface area contributed by atoms with Crippen LogP contribution in [0.3, 0.4) is 0 Å². The molecule has 8 nitrogen and oxygen atoms in total. The minimum absolute atomic E-state index is 0.0375. The number of rotatable bonds is 8. The van der Waals surface area contributed by atoms with Gasteiger partial charge in [-0.3, -0.25) is 4.79 Å². The number of carboxylic acids is 1. The second-order valence-corrected chi connectivity index (χ2v) is 7.52. The molecule has 1 unspecified atom stereocenters. The number of aliphatic carboxylic acids is 1. The first kappa shape index (κ1) is 18.1. The van der Waals surface area contributed by atoms with Crippen LogP contribution in [0.15, 0.2) is 41.8 Å². The Morgan fingerprint density at radius 2 is 2.04 bits per heavy atom. The number of sulfonamides is 1. The summed E-state index contributed by atoms with van der Waals surface area (Å²) in [5, 5.41) is 13.2. The number of carbonyl (C=O) groups is 1. The Labute approximate surface area is 140 Å². The molecule has 130 valence electrons. The van der Waals surface area contributed by atoms with Crippen molar-refractivity contribution in [2.75, 3.05) is 0 Å². The van der Waals surface area contributed by atoms with Gasteiger partial charge in [0.15, 0.2) is 0 Å². The molecule has 1 atom stereocenters. The lowest BCUT2D eigenvalue weighted by Crippen LogP contribution is -2.41. The molecule has 2 N–H and O–H groups in total. The highest BCUT2D eigenvalue weighted by atomic mass is 32.2. The summed E-state index contributed by atoms with van der Waals surface area (Å²) >= 11 is 0. The van der Waals surface area contributed by atoms with Crippen LogP contribution in [0, 0.1) is 5.92 Å². The van der Waals surface area contributed by atoms with E-state index in [1.807, 2.05) is 13.8 Å². The Morgan fingerprint density at radius 3 is 2.62 bits per heavy atom. The largest absolute Gasteiger partial charge is 0.480 e. The van der Waals surface area contributed by atoms with Crippen LogP contribution in [0.4, 0.5) is 0 Å². The summed E-state index contributed by atoms with van der Waals surface area (Å²) in [5.41, 5.74) is 0.504. The third-order valence-corrected chi connectivity index (χ3v) is 4.94. The van der Waals surface area contributed by atoms with Crippen LogP contribution in [0.5, 0.6) is 0 Å². The van der Waals surface area contributed by atoms with E-state index < -0.39 is 22.0 Å². The van der Waals surface area contributed by atoms with Gasteiger partial charge in [-0.15, -0.1) is 0 Å². The first-order chi connectivity index (χ1) is 11.3. The van der Waals surface area contributed by atoms with Gasteiger partial charge < -0.3 is 5.11 Å². The van der Waals surface area contributed by atoms with Crippen molar-refractivity contribution in [2.45, 2.75) is 37.8 Å². The predicted molar refractivity (Wildman–Crippen MR) is 86.8 cm³/mol. The van der Waals surface area contributed by atoms with Gasteiger partial charge in [0.05, 0.1) is 11.4 Å². The third-order valence-electron chi connectivity index (χ3n) is 3.36. The van der Waals surface area contributed by atoms with Crippen LogP contribution in [0.1, 0.15) is 25.8 Å². The Hall–Kier alpha value is -2.26. The molecule has 0 bridgehead atoms. The number of benzene rings is 1. The monoisotopic (exact) mass is 352 g/mol. The molecule has 2 aromatic rings. The lowest BCUT2D eigenvalue weighted by atomic mass is 10.1. The summed E-state index contributed by atoms with van der Waals surface area (Å²) in [4.78, 5) is 15.2. The number of nitrogens with one attached hydrogen (secondary N) is 1. The van der Waals surface area contributed by atoms with Crippen molar-refractivity contribution in [1.82, 2.24) is 19.5 Å². The van der Waals surface area contributed by atoms with Crippen molar-refractivity contribution in [1.29, 1.82) is 0 Å². The number of nitrogens with zero attached hydrogens (tertiary/aromatic N) is 3. The maximum atomic E-state index is 12.7. The standard InChI is InChI=1S/C15H20N4O4S/c1-11(2)7-13(15(20)21)18-24(22,23)14-6-4-3-5-12(14)8-19-10-16-9-17-19/h3-6,9-11,13,18H,7-8H2,1-2H3,(H,20,21). The van der Waals surface area contributed by atoms with Crippen molar-refractivity contribution in [2.24, 2.45) is 5.92 Å². The van der Waals surface area contributed by atoms with Gasteiger partial charge in [-0.2, -0.15) is 9.82 Å². The number of aromatic nitrogens is 3. The zero-order valence-electron chi connectivity index (χ0n) is 13.5. The highest BCUT2D eigenvalue weighted by molar-refractivity contribution is 7.89. The second-order valence-electron chi connectivity index (χ2n) is 5.84. The van der Waals surface area contributed by atoms with E-state index in [9.17, 15) is 18.3 Å². The molecule has 0 aliphatic carbocycles. The number of hydrogen-bond donors (Lipinski definition) is 2. The molecule has 1 aromatic carbocycles. The van der Waals surface area contributed by atoms with Crippen molar-refractivity contribution >= 4 is 16.0 Å². The van der Waals surface area contributed by atoms with Crippen LogP contribution >= 0.6 is 0 Å². The number of hydrogen-bond acceptors (Lipinski definition) is 5. The molecule has 0 aliphatic heterocycles.